The minimum Gasteiger partial charge on any atom is -0.507 e. The van der Waals surface area contributed by atoms with E-state index in [1.807, 2.05) is 0 Å². The Morgan fingerprint density at radius 1 is 1.38 bits per heavy atom. The average Bonchev–Trinajstić information content (AvgIpc) is 2.89. The predicted molar refractivity (Wildman–Crippen MR) is 74.6 cm³/mol. The standard InChI is InChI=1S/C16H14O5/c1-7(2)12-6-10-14(18)13-9(15(19)16(10)21-12)4-8(20-3)5-11(13)17/h4-5,12,17H,1,6H2,2-3H3. The molecule has 0 saturated heterocycles. The van der Waals surface area contributed by atoms with Gasteiger partial charge in [-0.25, -0.2) is 0 Å². The highest BCUT2D eigenvalue weighted by molar-refractivity contribution is 6.27. The Morgan fingerprint density at radius 2 is 2.10 bits per heavy atom. The SMILES string of the molecule is C=C(C)C1CC2=C(O1)C(=O)c1cc(OC)cc(O)c1C2=O. The molecule has 0 saturated carbocycles. The first kappa shape index (κ1) is 13.4. The lowest BCUT2D eigenvalue weighted by Gasteiger charge is -2.17. The monoisotopic (exact) mass is 286 g/mol. The highest BCUT2D eigenvalue weighted by Crippen LogP contribution is 2.41. The van der Waals surface area contributed by atoms with Crippen molar-refractivity contribution in [3.63, 3.8) is 0 Å². The molecule has 5 heteroatoms. The van der Waals surface area contributed by atoms with E-state index in [-0.39, 0.29) is 34.5 Å². The zero-order valence-electron chi connectivity index (χ0n) is 11.7. The van der Waals surface area contributed by atoms with Crippen molar-refractivity contribution in [1.29, 1.82) is 0 Å². The summed E-state index contributed by atoms with van der Waals surface area (Å²) in [6, 6.07) is 2.76. The molecule has 0 spiro atoms. The van der Waals surface area contributed by atoms with Crippen LogP contribution in [0.2, 0.25) is 0 Å². The molecule has 1 aromatic rings. The van der Waals surface area contributed by atoms with Crippen molar-refractivity contribution < 1.29 is 24.2 Å². The number of methoxy groups -OCH3 is 1. The Hall–Kier alpha value is -2.56. The maximum atomic E-state index is 12.5. The minimum atomic E-state index is -0.405. The van der Waals surface area contributed by atoms with Crippen LogP contribution < -0.4 is 4.74 Å². The van der Waals surface area contributed by atoms with Crippen LogP contribution in [0.3, 0.4) is 0 Å². The maximum absolute atomic E-state index is 12.5. The second kappa shape index (κ2) is 4.48. The molecular formula is C16H14O5. The summed E-state index contributed by atoms with van der Waals surface area (Å²) < 4.78 is 10.6. The molecule has 0 aromatic heterocycles. The van der Waals surface area contributed by atoms with Crippen LogP contribution in [0.25, 0.3) is 0 Å². The Kier molecular flexibility index (Phi) is 2.86. The summed E-state index contributed by atoms with van der Waals surface area (Å²) in [5, 5.41) is 10.0. The second-order valence-electron chi connectivity index (χ2n) is 5.19. The molecule has 3 rings (SSSR count). The van der Waals surface area contributed by atoms with Crippen molar-refractivity contribution in [3.05, 3.63) is 46.7 Å². The molecular weight excluding hydrogens is 272 g/mol. The number of hydrogen-bond acceptors (Lipinski definition) is 5. The van der Waals surface area contributed by atoms with Gasteiger partial charge in [-0.3, -0.25) is 9.59 Å². The molecule has 0 fully saturated rings. The fourth-order valence-corrected chi connectivity index (χ4v) is 2.60. The van der Waals surface area contributed by atoms with E-state index in [1.165, 1.54) is 19.2 Å². The smallest absolute Gasteiger partial charge is 0.229 e. The van der Waals surface area contributed by atoms with Gasteiger partial charge in [0.2, 0.25) is 5.78 Å². The quantitative estimate of drug-likeness (QED) is 0.845. The van der Waals surface area contributed by atoms with Gasteiger partial charge in [-0.1, -0.05) is 6.58 Å². The number of phenolic OH excluding ortho intramolecular Hbond substituents is 1. The number of benzene rings is 1. The summed E-state index contributed by atoms with van der Waals surface area (Å²) in [6.07, 6.45) is -0.0681. The largest absolute Gasteiger partial charge is 0.507 e. The number of aromatic hydroxyl groups is 1. The zero-order chi connectivity index (χ0) is 15.3. The number of carbonyl (C=O) groups excluding carboxylic acids is 2. The lowest BCUT2D eigenvalue weighted by atomic mass is 9.86. The van der Waals surface area contributed by atoms with Gasteiger partial charge in [-0.05, 0) is 18.6 Å². The van der Waals surface area contributed by atoms with Gasteiger partial charge < -0.3 is 14.6 Å². The van der Waals surface area contributed by atoms with Gasteiger partial charge >= 0.3 is 0 Å². The number of carbonyl (C=O) groups is 2. The molecule has 1 N–H and O–H groups in total. The normalized spacial score (nSPS) is 20.0. The highest BCUT2D eigenvalue weighted by atomic mass is 16.5. The molecule has 1 unspecified atom stereocenters. The highest BCUT2D eigenvalue weighted by Gasteiger charge is 2.42. The third-order valence-corrected chi connectivity index (χ3v) is 3.75. The minimum absolute atomic E-state index is 0.0190. The first-order valence-electron chi connectivity index (χ1n) is 6.49. The third kappa shape index (κ3) is 1.85. The van der Waals surface area contributed by atoms with Crippen molar-refractivity contribution in [3.8, 4) is 11.5 Å². The van der Waals surface area contributed by atoms with E-state index in [0.29, 0.717) is 17.7 Å². The van der Waals surface area contributed by atoms with Crippen LogP contribution in [-0.4, -0.2) is 29.9 Å². The molecule has 0 bridgehead atoms. The van der Waals surface area contributed by atoms with Crippen molar-refractivity contribution in [2.45, 2.75) is 19.4 Å². The topological polar surface area (TPSA) is 72.8 Å². The van der Waals surface area contributed by atoms with Crippen molar-refractivity contribution in [2.75, 3.05) is 7.11 Å². The van der Waals surface area contributed by atoms with E-state index in [2.05, 4.69) is 6.58 Å². The first-order chi connectivity index (χ1) is 9.93. The van der Waals surface area contributed by atoms with Gasteiger partial charge in [0, 0.05) is 18.1 Å². The molecule has 1 aliphatic heterocycles. The summed E-state index contributed by atoms with van der Waals surface area (Å²) in [5.74, 6) is -0.659. The number of allylic oxidation sites excluding steroid dienone is 1. The fraction of sp³-hybridized carbons (Fsp3) is 0.250. The number of hydrogen-bond donors (Lipinski definition) is 1. The molecule has 21 heavy (non-hydrogen) atoms. The summed E-state index contributed by atoms with van der Waals surface area (Å²) >= 11 is 0. The van der Waals surface area contributed by atoms with Gasteiger partial charge in [0.15, 0.2) is 11.5 Å². The van der Waals surface area contributed by atoms with Crippen molar-refractivity contribution in [2.24, 2.45) is 0 Å². The number of rotatable bonds is 2. The van der Waals surface area contributed by atoms with E-state index < -0.39 is 5.78 Å². The van der Waals surface area contributed by atoms with Crippen LogP contribution in [0, 0.1) is 0 Å². The lowest BCUT2D eigenvalue weighted by Crippen LogP contribution is -2.20. The molecule has 2 aliphatic rings. The van der Waals surface area contributed by atoms with E-state index in [9.17, 15) is 14.7 Å². The summed E-state index contributed by atoms with van der Waals surface area (Å²) in [6.45, 7) is 5.58. The third-order valence-electron chi connectivity index (χ3n) is 3.75. The van der Waals surface area contributed by atoms with Gasteiger partial charge in [0.25, 0.3) is 0 Å². The van der Waals surface area contributed by atoms with E-state index in [0.717, 1.165) is 5.57 Å². The predicted octanol–water partition coefficient (Wildman–Crippen LogP) is 2.40. The van der Waals surface area contributed by atoms with Gasteiger partial charge in [-0.15, -0.1) is 0 Å². The Bertz CT molecular complexity index is 726. The van der Waals surface area contributed by atoms with Crippen LogP contribution in [0.4, 0.5) is 0 Å². The lowest BCUT2D eigenvalue weighted by molar-refractivity contribution is 0.0874. The molecule has 108 valence electrons. The Labute approximate surface area is 121 Å². The van der Waals surface area contributed by atoms with Crippen molar-refractivity contribution in [1.82, 2.24) is 0 Å². The van der Waals surface area contributed by atoms with Crippen LogP contribution in [-0.2, 0) is 4.74 Å². The number of ether oxygens (including phenoxy) is 2. The molecule has 1 aromatic carbocycles. The molecule has 5 nitrogen and oxygen atoms in total. The molecule has 0 amide bonds. The Morgan fingerprint density at radius 3 is 2.71 bits per heavy atom. The van der Waals surface area contributed by atoms with Crippen LogP contribution in [0.15, 0.2) is 35.6 Å². The fourth-order valence-electron chi connectivity index (χ4n) is 2.60. The van der Waals surface area contributed by atoms with Crippen LogP contribution in [0.1, 0.15) is 34.1 Å². The second-order valence-corrected chi connectivity index (χ2v) is 5.19. The zero-order valence-corrected chi connectivity index (χ0v) is 11.7. The average molecular weight is 286 g/mol. The summed E-state index contributed by atoms with van der Waals surface area (Å²) in [5.41, 5.74) is 1.18. The van der Waals surface area contributed by atoms with E-state index in [4.69, 9.17) is 9.47 Å². The molecule has 0 radical (unpaired) electrons. The van der Waals surface area contributed by atoms with Gasteiger partial charge in [-0.2, -0.15) is 0 Å². The molecule has 1 atom stereocenters. The number of phenols is 1. The van der Waals surface area contributed by atoms with Crippen LogP contribution in [0.5, 0.6) is 11.5 Å². The number of fused-ring (bicyclic) bond motifs is 1. The van der Waals surface area contributed by atoms with Crippen molar-refractivity contribution >= 4 is 11.6 Å². The van der Waals surface area contributed by atoms with E-state index in [1.54, 1.807) is 6.92 Å². The van der Waals surface area contributed by atoms with E-state index >= 15 is 0 Å². The first-order valence-corrected chi connectivity index (χ1v) is 6.49. The summed E-state index contributed by atoms with van der Waals surface area (Å²) in [7, 11) is 1.42. The number of Topliss-reactive ketones (excluding diaryl/α,β-unsaturated/α-hetero) is 2. The van der Waals surface area contributed by atoms with Gasteiger partial charge in [0.05, 0.1) is 18.2 Å². The molecule has 1 heterocycles. The summed E-state index contributed by atoms with van der Waals surface area (Å²) in [4.78, 5) is 25.0. The number of ketones is 2. The Balaban J connectivity index is 2.13. The maximum Gasteiger partial charge on any atom is 0.229 e. The van der Waals surface area contributed by atoms with Crippen LogP contribution >= 0.6 is 0 Å². The molecule has 1 aliphatic carbocycles. The van der Waals surface area contributed by atoms with Gasteiger partial charge in [0.1, 0.15) is 17.6 Å².